The second-order valence-electron chi connectivity index (χ2n) is 7.71. The Morgan fingerprint density at radius 1 is 1.19 bits per heavy atom. The van der Waals surface area contributed by atoms with Crippen LogP contribution in [0.5, 0.6) is 0 Å². The Balaban J connectivity index is 1.38. The maximum absolute atomic E-state index is 14.0. The Labute approximate surface area is 153 Å². The Kier molecular flexibility index (Phi) is 4.76. The van der Waals surface area contributed by atoms with E-state index in [-0.39, 0.29) is 17.1 Å². The molecule has 2 aliphatic rings. The molecule has 0 bridgehead atoms. The molecule has 1 aromatic heterocycles. The van der Waals surface area contributed by atoms with Crippen molar-refractivity contribution in [1.29, 1.82) is 0 Å². The molecule has 2 aliphatic heterocycles. The monoisotopic (exact) mass is 356 g/mol. The largest absolute Gasteiger partial charge is 0.341 e. The van der Waals surface area contributed by atoms with E-state index in [0.29, 0.717) is 13.1 Å². The number of likely N-dealkylation sites (tertiary alicyclic amines) is 2. The van der Waals surface area contributed by atoms with Crippen LogP contribution in [0.3, 0.4) is 0 Å². The zero-order valence-electron chi connectivity index (χ0n) is 15.0. The van der Waals surface area contributed by atoms with Gasteiger partial charge in [0.25, 0.3) is 0 Å². The summed E-state index contributed by atoms with van der Waals surface area (Å²) in [5.74, 6) is 0.0294. The van der Waals surface area contributed by atoms with Gasteiger partial charge in [-0.15, -0.1) is 0 Å². The molecule has 2 fully saturated rings. The molecule has 0 N–H and O–H groups in total. The van der Waals surface area contributed by atoms with Gasteiger partial charge in [-0.2, -0.15) is 0 Å². The molecule has 0 saturated carbocycles. The third-order valence-corrected chi connectivity index (χ3v) is 5.76. The number of aromatic nitrogens is 2. The second-order valence-corrected chi connectivity index (χ2v) is 7.71. The Morgan fingerprint density at radius 3 is 2.88 bits per heavy atom. The molecule has 138 valence electrons. The molecule has 1 spiro atoms. The highest BCUT2D eigenvalue weighted by molar-refractivity contribution is 5.76. The summed E-state index contributed by atoms with van der Waals surface area (Å²) in [5.41, 5.74) is 0.921. The van der Waals surface area contributed by atoms with E-state index in [9.17, 15) is 9.18 Å². The third kappa shape index (κ3) is 3.65. The van der Waals surface area contributed by atoms with Crippen molar-refractivity contribution in [2.24, 2.45) is 5.41 Å². The van der Waals surface area contributed by atoms with Crippen LogP contribution < -0.4 is 0 Å². The number of carbonyl (C=O) groups excluding carboxylic acids is 1. The number of piperidine rings is 1. The van der Waals surface area contributed by atoms with E-state index in [1.165, 1.54) is 6.07 Å². The van der Waals surface area contributed by atoms with Crippen molar-refractivity contribution in [2.45, 2.75) is 32.4 Å². The van der Waals surface area contributed by atoms with Crippen LogP contribution in [-0.4, -0.2) is 51.4 Å². The molecule has 6 heteroatoms. The van der Waals surface area contributed by atoms with Gasteiger partial charge in [-0.3, -0.25) is 9.69 Å². The lowest BCUT2D eigenvalue weighted by molar-refractivity contribution is -0.131. The predicted octanol–water partition coefficient (Wildman–Crippen LogP) is 2.54. The average Bonchev–Trinajstić information content (AvgIpc) is 3.28. The van der Waals surface area contributed by atoms with E-state index in [1.807, 2.05) is 27.8 Å². The first-order valence-electron chi connectivity index (χ1n) is 9.33. The van der Waals surface area contributed by atoms with Gasteiger partial charge < -0.3 is 9.47 Å². The smallest absolute Gasteiger partial charge is 0.242 e. The van der Waals surface area contributed by atoms with E-state index in [1.54, 1.807) is 18.6 Å². The van der Waals surface area contributed by atoms with Crippen LogP contribution in [0.15, 0.2) is 43.0 Å². The fraction of sp³-hybridized carbons (Fsp3) is 0.500. The summed E-state index contributed by atoms with van der Waals surface area (Å²) in [6.45, 7) is 4.58. The molecular weight excluding hydrogens is 331 g/mol. The van der Waals surface area contributed by atoms with E-state index in [0.717, 1.165) is 51.0 Å². The van der Waals surface area contributed by atoms with Gasteiger partial charge in [0.1, 0.15) is 12.4 Å². The van der Waals surface area contributed by atoms with Crippen LogP contribution in [0.4, 0.5) is 4.39 Å². The molecule has 0 radical (unpaired) electrons. The van der Waals surface area contributed by atoms with Crippen molar-refractivity contribution < 1.29 is 9.18 Å². The lowest BCUT2D eigenvalue weighted by Gasteiger charge is -2.40. The Hall–Kier alpha value is -2.21. The van der Waals surface area contributed by atoms with Gasteiger partial charge in [-0.1, -0.05) is 18.2 Å². The predicted molar refractivity (Wildman–Crippen MR) is 96.8 cm³/mol. The van der Waals surface area contributed by atoms with Gasteiger partial charge in [0.05, 0.1) is 6.33 Å². The number of nitrogens with zero attached hydrogens (tertiary/aromatic N) is 4. The fourth-order valence-electron chi connectivity index (χ4n) is 4.43. The summed E-state index contributed by atoms with van der Waals surface area (Å²) in [4.78, 5) is 20.9. The summed E-state index contributed by atoms with van der Waals surface area (Å²) >= 11 is 0. The average molecular weight is 356 g/mol. The van der Waals surface area contributed by atoms with E-state index in [4.69, 9.17) is 0 Å². The van der Waals surface area contributed by atoms with Crippen molar-refractivity contribution in [3.63, 3.8) is 0 Å². The van der Waals surface area contributed by atoms with Crippen LogP contribution in [-0.2, 0) is 17.9 Å². The van der Waals surface area contributed by atoms with Crippen LogP contribution >= 0.6 is 0 Å². The number of rotatable bonds is 4. The van der Waals surface area contributed by atoms with Crippen LogP contribution in [0.1, 0.15) is 24.8 Å². The topological polar surface area (TPSA) is 41.4 Å². The minimum atomic E-state index is -0.129. The second kappa shape index (κ2) is 7.19. The molecule has 4 rings (SSSR count). The lowest BCUT2D eigenvalue weighted by Crippen LogP contribution is -2.45. The number of imidazole rings is 1. The quantitative estimate of drug-likeness (QED) is 0.845. The standard InChI is InChI=1S/C20H25FN4O/c21-18-5-2-1-4-17(18)12-23-9-3-6-20(14-23)7-10-25(15-20)19(26)13-24-11-8-22-16-24/h1-2,4-5,8,11,16H,3,6-7,9-10,12-15H2. The molecule has 5 nitrogen and oxygen atoms in total. The van der Waals surface area contributed by atoms with Gasteiger partial charge >= 0.3 is 0 Å². The zero-order valence-corrected chi connectivity index (χ0v) is 15.0. The maximum atomic E-state index is 14.0. The van der Waals surface area contributed by atoms with Gasteiger partial charge in [-0.25, -0.2) is 9.37 Å². The van der Waals surface area contributed by atoms with E-state index in [2.05, 4.69) is 9.88 Å². The van der Waals surface area contributed by atoms with Gasteiger partial charge in [-0.05, 0) is 31.9 Å². The van der Waals surface area contributed by atoms with Gasteiger partial charge in [0.15, 0.2) is 0 Å². The van der Waals surface area contributed by atoms with E-state index >= 15 is 0 Å². The molecule has 3 heterocycles. The minimum absolute atomic E-state index is 0.129. The highest BCUT2D eigenvalue weighted by Crippen LogP contribution is 2.39. The minimum Gasteiger partial charge on any atom is -0.341 e. The SMILES string of the molecule is O=C(Cn1ccnc1)N1CCC2(CCCN(Cc3ccccc3F)C2)C1. The molecule has 2 saturated heterocycles. The first kappa shape index (κ1) is 17.2. The highest BCUT2D eigenvalue weighted by Gasteiger charge is 2.42. The zero-order chi connectivity index (χ0) is 18.0. The lowest BCUT2D eigenvalue weighted by atomic mass is 9.79. The molecule has 1 aromatic carbocycles. The van der Waals surface area contributed by atoms with Gasteiger partial charge in [0, 0.05) is 49.6 Å². The Bertz CT molecular complexity index is 763. The summed E-state index contributed by atoms with van der Waals surface area (Å²) in [6.07, 6.45) is 8.49. The number of halogens is 1. The van der Waals surface area contributed by atoms with Gasteiger partial charge in [0.2, 0.25) is 5.91 Å². The maximum Gasteiger partial charge on any atom is 0.242 e. The molecule has 26 heavy (non-hydrogen) atoms. The molecule has 0 aliphatic carbocycles. The molecule has 1 atom stereocenters. The summed E-state index contributed by atoms with van der Waals surface area (Å²) in [6, 6.07) is 7.02. The number of hydrogen-bond acceptors (Lipinski definition) is 3. The number of amides is 1. The van der Waals surface area contributed by atoms with Crippen LogP contribution in [0.2, 0.25) is 0 Å². The number of carbonyl (C=O) groups is 1. The fourth-order valence-corrected chi connectivity index (χ4v) is 4.43. The summed E-state index contributed by atoms with van der Waals surface area (Å²) in [7, 11) is 0. The summed E-state index contributed by atoms with van der Waals surface area (Å²) < 4.78 is 15.8. The highest BCUT2D eigenvalue weighted by atomic mass is 19.1. The normalized spacial score (nSPS) is 23.7. The van der Waals surface area contributed by atoms with Crippen molar-refractivity contribution in [3.05, 3.63) is 54.4 Å². The van der Waals surface area contributed by atoms with Crippen molar-refractivity contribution in [1.82, 2.24) is 19.4 Å². The summed E-state index contributed by atoms with van der Waals surface area (Å²) in [5, 5.41) is 0. The van der Waals surface area contributed by atoms with Crippen molar-refractivity contribution in [3.8, 4) is 0 Å². The molecule has 1 amide bonds. The molecule has 2 aromatic rings. The number of benzene rings is 1. The van der Waals surface area contributed by atoms with Crippen LogP contribution in [0.25, 0.3) is 0 Å². The third-order valence-electron chi connectivity index (χ3n) is 5.76. The first-order chi connectivity index (χ1) is 12.6. The van der Waals surface area contributed by atoms with E-state index < -0.39 is 0 Å². The number of hydrogen-bond donors (Lipinski definition) is 0. The molecule has 1 unspecified atom stereocenters. The first-order valence-corrected chi connectivity index (χ1v) is 9.33. The van der Waals surface area contributed by atoms with Crippen molar-refractivity contribution >= 4 is 5.91 Å². The molecular formula is C20H25FN4O. The van der Waals surface area contributed by atoms with Crippen molar-refractivity contribution in [2.75, 3.05) is 26.2 Å². The Morgan fingerprint density at radius 2 is 2.08 bits per heavy atom. The van der Waals surface area contributed by atoms with Crippen LogP contribution in [0, 0.1) is 11.2 Å².